The van der Waals surface area contributed by atoms with Gasteiger partial charge in [0, 0.05) is 7.05 Å². The second-order valence-corrected chi connectivity index (χ2v) is 10.2. The Kier molecular flexibility index (Phi) is 6.36. The van der Waals surface area contributed by atoms with Crippen LogP contribution in [0.4, 0.5) is 0 Å². The standard InChI is InChI=1S/C12H27NO3Si/c1-9(2)11(16-17(6,7)8)10(3)12(14)13(4)15-5/h9-11H,1-8H3/t10-,11+/m1/s1. The molecule has 0 aliphatic heterocycles. The molecule has 0 aliphatic carbocycles. The molecule has 0 saturated heterocycles. The number of hydroxylamine groups is 2. The third kappa shape index (κ3) is 5.65. The molecule has 5 heteroatoms. The van der Waals surface area contributed by atoms with Crippen LogP contribution in [0.5, 0.6) is 0 Å². The molecule has 0 fully saturated rings. The number of carbonyl (C=O) groups is 1. The van der Waals surface area contributed by atoms with Crippen molar-refractivity contribution in [2.45, 2.75) is 46.5 Å². The summed E-state index contributed by atoms with van der Waals surface area (Å²) in [5.74, 6) is 0.0852. The summed E-state index contributed by atoms with van der Waals surface area (Å²) in [6.07, 6.45) is -0.0493. The third-order valence-electron chi connectivity index (χ3n) is 2.61. The molecule has 2 atom stereocenters. The second kappa shape index (κ2) is 6.52. The summed E-state index contributed by atoms with van der Waals surface area (Å²) in [5, 5.41) is 1.27. The minimum absolute atomic E-state index is 0.0375. The maximum atomic E-state index is 12.0. The molecule has 17 heavy (non-hydrogen) atoms. The van der Waals surface area contributed by atoms with Crippen molar-refractivity contribution in [2.24, 2.45) is 11.8 Å². The van der Waals surface area contributed by atoms with E-state index in [0.29, 0.717) is 5.92 Å². The van der Waals surface area contributed by atoms with Crippen LogP contribution in [0.3, 0.4) is 0 Å². The van der Waals surface area contributed by atoms with Crippen molar-refractivity contribution in [3.05, 3.63) is 0 Å². The molecule has 4 nitrogen and oxygen atoms in total. The van der Waals surface area contributed by atoms with E-state index in [1.165, 1.54) is 12.2 Å². The molecule has 0 unspecified atom stereocenters. The molecule has 102 valence electrons. The van der Waals surface area contributed by atoms with Gasteiger partial charge in [-0.05, 0) is 25.6 Å². The van der Waals surface area contributed by atoms with Crippen molar-refractivity contribution in [1.82, 2.24) is 5.06 Å². The molecule has 0 aromatic rings. The highest BCUT2D eigenvalue weighted by Gasteiger charge is 2.33. The van der Waals surface area contributed by atoms with Crippen LogP contribution in [0.1, 0.15) is 20.8 Å². The van der Waals surface area contributed by atoms with Gasteiger partial charge in [-0.15, -0.1) is 0 Å². The number of rotatable bonds is 6. The minimum Gasteiger partial charge on any atom is -0.414 e. The van der Waals surface area contributed by atoms with E-state index in [2.05, 4.69) is 33.5 Å². The van der Waals surface area contributed by atoms with E-state index in [1.54, 1.807) is 7.05 Å². The van der Waals surface area contributed by atoms with Crippen LogP contribution in [0, 0.1) is 11.8 Å². The molecule has 0 radical (unpaired) electrons. The summed E-state index contributed by atoms with van der Waals surface area (Å²) in [6.45, 7) is 12.5. The molecule has 0 aromatic carbocycles. The van der Waals surface area contributed by atoms with Gasteiger partial charge in [-0.25, -0.2) is 5.06 Å². The molecule has 1 amide bonds. The van der Waals surface area contributed by atoms with Crippen molar-refractivity contribution in [2.75, 3.05) is 14.2 Å². The summed E-state index contributed by atoms with van der Waals surface area (Å²) in [4.78, 5) is 17.0. The summed E-state index contributed by atoms with van der Waals surface area (Å²) >= 11 is 0. The van der Waals surface area contributed by atoms with Gasteiger partial charge in [0.15, 0.2) is 8.32 Å². The molecular formula is C12H27NO3Si. The van der Waals surface area contributed by atoms with Gasteiger partial charge >= 0.3 is 0 Å². The predicted molar refractivity (Wildman–Crippen MR) is 72.0 cm³/mol. The topological polar surface area (TPSA) is 38.8 Å². The fourth-order valence-corrected chi connectivity index (χ4v) is 3.03. The highest BCUT2D eigenvalue weighted by molar-refractivity contribution is 6.69. The number of hydrogen-bond donors (Lipinski definition) is 0. The monoisotopic (exact) mass is 261 g/mol. The van der Waals surface area contributed by atoms with Gasteiger partial charge in [0.1, 0.15) is 0 Å². The first-order valence-corrected chi connectivity index (χ1v) is 9.50. The largest absolute Gasteiger partial charge is 0.414 e. The number of nitrogens with zero attached hydrogens (tertiary/aromatic N) is 1. The Morgan fingerprint density at radius 3 is 1.94 bits per heavy atom. The average molecular weight is 261 g/mol. The Bertz CT molecular complexity index is 251. The summed E-state index contributed by atoms with van der Waals surface area (Å²) in [7, 11) is 1.48. The molecule has 0 heterocycles. The zero-order valence-electron chi connectivity index (χ0n) is 12.4. The van der Waals surface area contributed by atoms with Crippen molar-refractivity contribution in [1.29, 1.82) is 0 Å². The van der Waals surface area contributed by atoms with E-state index in [-0.39, 0.29) is 17.9 Å². The lowest BCUT2D eigenvalue weighted by Crippen LogP contribution is -2.44. The van der Waals surface area contributed by atoms with Crippen LogP contribution in [-0.2, 0) is 14.1 Å². The Hall–Kier alpha value is -0.393. The minimum atomic E-state index is -1.65. The summed E-state index contributed by atoms with van der Waals surface area (Å²) in [6, 6.07) is 0. The molecule has 0 rings (SSSR count). The van der Waals surface area contributed by atoms with Crippen molar-refractivity contribution >= 4 is 14.2 Å². The maximum absolute atomic E-state index is 12.0. The Morgan fingerprint density at radius 1 is 1.18 bits per heavy atom. The van der Waals surface area contributed by atoms with Crippen molar-refractivity contribution in [3.63, 3.8) is 0 Å². The van der Waals surface area contributed by atoms with Crippen LogP contribution in [-0.4, -0.2) is 39.5 Å². The third-order valence-corrected chi connectivity index (χ3v) is 3.59. The molecule has 0 spiro atoms. The van der Waals surface area contributed by atoms with Crippen LogP contribution in [0.15, 0.2) is 0 Å². The highest BCUT2D eigenvalue weighted by Crippen LogP contribution is 2.22. The summed E-state index contributed by atoms with van der Waals surface area (Å²) < 4.78 is 6.11. The van der Waals surface area contributed by atoms with E-state index in [1.807, 2.05) is 6.92 Å². The Balaban J connectivity index is 4.77. The predicted octanol–water partition coefficient (Wildman–Crippen LogP) is 2.52. The lowest BCUT2D eigenvalue weighted by Gasteiger charge is -2.34. The van der Waals surface area contributed by atoms with Gasteiger partial charge in [-0.1, -0.05) is 20.8 Å². The fraction of sp³-hybridized carbons (Fsp3) is 0.917. The van der Waals surface area contributed by atoms with Crippen LogP contribution < -0.4 is 0 Å². The van der Waals surface area contributed by atoms with E-state index in [4.69, 9.17) is 9.26 Å². The SMILES string of the molecule is CON(C)C(=O)[C@H](C)[C@@H](O[Si](C)(C)C)C(C)C. The molecule has 0 aromatic heterocycles. The van der Waals surface area contributed by atoms with Gasteiger partial charge in [0.25, 0.3) is 5.91 Å². The van der Waals surface area contributed by atoms with E-state index < -0.39 is 8.32 Å². The fourth-order valence-electron chi connectivity index (χ4n) is 1.74. The maximum Gasteiger partial charge on any atom is 0.251 e. The van der Waals surface area contributed by atoms with Gasteiger partial charge in [0.2, 0.25) is 0 Å². The Labute approximate surface area is 106 Å². The van der Waals surface area contributed by atoms with Crippen LogP contribution in [0.2, 0.25) is 19.6 Å². The van der Waals surface area contributed by atoms with Gasteiger partial charge in [-0.3, -0.25) is 9.63 Å². The highest BCUT2D eigenvalue weighted by atomic mass is 28.4. The van der Waals surface area contributed by atoms with Crippen molar-refractivity contribution in [3.8, 4) is 0 Å². The normalized spacial score (nSPS) is 15.8. The van der Waals surface area contributed by atoms with Crippen LogP contribution >= 0.6 is 0 Å². The quantitative estimate of drug-likeness (QED) is 0.545. The van der Waals surface area contributed by atoms with Gasteiger partial charge in [0.05, 0.1) is 19.1 Å². The first-order valence-electron chi connectivity index (χ1n) is 6.09. The van der Waals surface area contributed by atoms with E-state index >= 15 is 0 Å². The lowest BCUT2D eigenvalue weighted by molar-refractivity contribution is -0.176. The Morgan fingerprint density at radius 2 is 1.65 bits per heavy atom. The van der Waals surface area contributed by atoms with Crippen LogP contribution in [0.25, 0.3) is 0 Å². The van der Waals surface area contributed by atoms with Gasteiger partial charge < -0.3 is 4.43 Å². The molecule has 0 bridgehead atoms. The number of hydrogen-bond acceptors (Lipinski definition) is 3. The van der Waals surface area contributed by atoms with Crippen molar-refractivity contribution < 1.29 is 14.1 Å². The average Bonchev–Trinajstić information content (AvgIpc) is 2.21. The zero-order valence-corrected chi connectivity index (χ0v) is 13.4. The second-order valence-electron chi connectivity index (χ2n) is 5.75. The first kappa shape index (κ1) is 16.6. The molecular weight excluding hydrogens is 234 g/mol. The molecule has 0 N–H and O–H groups in total. The molecule has 0 saturated carbocycles. The number of amides is 1. The van der Waals surface area contributed by atoms with E-state index in [9.17, 15) is 4.79 Å². The smallest absolute Gasteiger partial charge is 0.251 e. The van der Waals surface area contributed by atoms with E-state index in [0.717, 1.165) is 0 Å². The zero-order chi connectivity index (χ0) is 13.8. The number of carbonyl (C=O) groups excluding carboxylic acids is 1. The summed E-state index contributed by atoms with van der Waals surface area (Å²) in [5.41, 5.74) is 0. The molecule has 0 aliphatic rings. The first-order chi connectivity index (χ1) is 7.60. The lowest BCUT2D eigenvalue weighted by atomic mass is 9.94. The van der Waals surface area contributed by atoms with Gasteiger partial charge in [-0.2, -0.15) is 0 Å².